The molecule has 2 aromatic carbocycles. The molecule has 168 valence electrons. The average molecular weight is 511 g/mol. The van der Waals surface area contributed by atoms with E-state index in [1.165, 1.54) is 28.0 Å². The number of nitrogens with zero attached hydrogens (tertiary/aromatic N) is 2. The van der Waals surface area contributed by atoms with E-state index >= 15 is 0 Å². The van der Waals surface area contributed by atoms with E-state index in [1.807, 2.05) is 41.0 Å². The smallest absolute Gasteiger partial charge is 0.265 e. The van der Waals surface area contributed by atoms with Crippen LogP contribution in [0.2, 0.25) is 0 Å². The summed E-state index contributed by atoms with van der Waals surface area (Å²) >= 11 is 3.66. The van der Waals surface area contributed by atoms with Gasteiger partial charge in [0, 0.05) is 22.7 Å². The summed E-state index contributed by atoms with van der Waals surface area (Å²) in [5.74, 6) is -0.412. The lowest BCUT2D eigenvalue weighted by Gasteiger charge is -2.22. The van der Waals surface area contributed by atoms with Crippen molar-refractivity contribution in [3.8, 4) is 0 Å². The standard InChI is InChI=1S/C19H17N3O6S4/c20-13(9-18-21(11-29-28-27-23)14-5-1-3-7-16(14)30-18)10-19-22(12-32(24,25)26)15-6-2-4-8-17(15)31-19/h1-10,20H,11-12H2,(H2,23,24,25,26)/p-1/b19-10-. The zero-order chi connectivity index (χ0) is 22.7. The van der Waals surface area contributed by atoms with E-state index in [2.05, 4.69) is 9.37 Å². The molecule has 32 heavy (non-hydrogen) atoms. The van der Waals surface area contributed by atoms with Gasteiger partial charge in [0.1, 0.15) is 32.7 Å². The normalized spacial score (nSPS) is 15.6. The van der Waals surface area contributed by atoms with Crippen molar-refractivity contribution in [2.75, 3.05) is 10.8 Å². The van der Waals surface area contributed by atoms with Crippen LogP contribution in [-0.4, -0.2) is 18.8 Å². The summed E-state index contributed by atoms with van der Waals surface area (Å²) in [5.41, 5.74) is 8.21. The zero-order valence-electron chi connectivity index (χ0n) is 16.2. The molecule has 1 aromatic heterocycles. The Morgan fingerprint density at radius 1 is 1.22 bits per heavy atom. The summed E-state index contributed by atoms with van der Waals surface area (Å²) in [6, 6.07) is 14.9. The van der Waals surface area contributed by atoms with Crippen LogP contribution < -0.4 is 20.5 Å². The van der Waals surface area contributed by atoms with Gasteiger partial charge in [0.05, 0.1) is 10.7 Å². The summed E-state index contributed by atoms with van der Waals surface area (Å²) in [4.78, 5) is 2.27. The van der Waals surface area contributed by atoms with Crippen LogP contribution >= 0.6 is 35.1 Å². The van der Waals surface area contributed by atoms with Crippen molar-refractivity contribution >= 4 is 67.2 Å². The van der Waals surface area contributed by atoms with Gasteiger partial charge in [0.15, 0.2) is 0 Å². The number of rotatable bonds is 8. The van der Waals surface area contributed by atoms with Crippen LogP contribution in [0.4, 0.5) is 5.69 Å². The minimum atomic E-state index is -4.51. The summed E-state index contributed by atoms with van der Waals surface area (Å²) in [6.45, 7) is 0. The van der Waals surface area contributed by atoms with E-state index in [9.17, 15) is 18.2 Å². The average Bonchev–Trinajstić information content (AvgIpc) is 3.25. The predicted octanol–water partition coefficient (Wildman–Crippen LogP) is 2.27. The first-order valence-electron chi connectivity index (χ1n) is 9.02. The minimum Gasteiger partial charge on any atom is -0.747 e. The topological polar surface area (TPSA) is 132 Å². The summed E-state index contributed by atoms with van der Waals surface area (Å²) in [5, 5.41) is 14.9. The third-order valence-corrected chi connectivity index (χ3v) is 7.71. The largest absolute Gasteiger partial charge is 0.747 e. The molecule has 0 atom stereocenters. The Hall–Kier alpha value is -2.10. The maximum absolute atomic E-state index is 11.5. The second-order valence-corrected chi connectivity index (χ2v) is 10.7. The van der Waals surface area contributed by atoms with Crippen molar-refractivity contribution < 1.29 is 32.2 Å². The number of hydrogen-bond acceptors (Lipinski definition) is 11. The molecule has 3 aromatic rings. The highest BCUT2D eigenvalue weighted by molar-refractivity contribution is 8.03. The lowest BCUT2D eigenvalue weighted by molar-refractivity contribution is -0.778. The Balaban J connectivity index is 1.70. The third kappa shape index (κ3) is 5.27. The zero-order valence-corrected chi connectivity index (χ0v) is 19.5. The molecule has 0 saturated heterocycles. The first-order chi connectivity index (χ1) is 15.4. The Bertz CT molecular complexity index is 1310. The van der Waals surface area contributed by atoms with E-state index in [4.69, 9.17) is 5.73 Å². The molecular formula is C19H16N3O6S4-. The van der Waals surface area contributed by atoms with E-state index in [0.717, 1.165) is 32.2 Å². The van der Waals surface area contributed by atoms with Gasteiger partial charge in [-0.15, -0.1) is 0 Å². The lowest BCUT2D eigenvalue weighted by atomic mass is 10.3. The van der Waals surface area contributed by atoms with Gasteiger partial charge in [-0.2, -0.15) is 8.90 Å². The highest BCUT2D eigenvalue weighted by atomic mass is 32.2. The number of hydrogen-bond donors (Lipinski definition) is 1. The highest BCUT2D eigenvalue weighted by Crippen LogP contribution is 2.46. The Labute approximate surface area is 196 Å². The van der Waals surface area contributed by atoms with Gasteiger partial charge in [-0.3, -0.25) is 5.04 Å². The van der Waals surface area contributed by atoms with Crippen LogP contribution in [0.3, 0.4) is 0 Å². The molecule has 0 bridgehead atoms. The number of thioether (sulfide) groups is 1. The van der Waals surface area contributed by atoms with Gasteiger partial charge >= 0.3 is 0 Å². The molecule has 0 spiro atoms. The number of nitrogens with two attached hydrogens (primary N) is 1. The Kier molecular flexibility index (Phi) is 7.07. The summed E-state index contributed by atoms with van der Waals surface area (Å²) in [6.07, 6.45) is 3.37. The van der Waals surface area contributed by atoms with E-state index < -0.39 is 16.0 Å². The van der Waals surface area contributed by atoms with Crippen molar-refractivity contribution in [2.24, 2.45) is 5.73 Å². The van der Waals surface area contributed by atoms with Gasteiger partial charge in [-0.05, 0) is 24.3 Å². The van der Waals surface area contributed by atoms with E-state index in [0.29, 0.717) is 16.4 Å². The molecule has 4 rings (SSSR count). The molecule has 9 nitrogen and oxygen atoms in total. The minimum absolute atomic E-state index is 0.280. The van der Waals surface area contributed by atoms with Crippen LogP contribution in [0.25, 0.3) is 16.3 Å². The van der Waals surface area contributed by atoms with Gasteiger partial charge in [-0.1, -0.05) is 47.4 Å². The number of benzene rings is 2. The predicted molar refractivity (Wildman–Crippen MR) is 121 cm³/mol. The first-order valence-corrected chi connectivity index (χ1v) is 13.1. The lowest BCUT2D eigenvalue weighted by Crippen LogP contribution is -2.34. The monoisotopic (exact) mass is 510 g/mol. The van der Waals surface area contributed by atoms with Crippen molar-refractivity contribution in [1.29, 1.82) is 0 Å². The Morgan fingerprint density at radius 2 is 1.97 bits per heavy atom. The van der Waals surface area contributed by atoms with Gasteiger partial charge in [0.2, 0.25) is 11.4 Å². The first kappa shape index (κ1) is 23.1. The summed E-state index contributed by atoms with van der Waals surface area (Å²) in [7, 11) is -4.51. The van der Waals surface area contributed by atoms with Crippen LogP contribution in [-0.2, 0) is 25.4 Å². The second kappa shape index (κ2) is 9.80. The quantitative estimate of drug-likeness (QED) is 0.120. The fourth-order valence-corrected chi connectivity index (χ4v) is 6.64. The number of thiazole rings is 1. The van der Waals surface area contributed by atoms with Gasteiger partial charge in [-0.25, -0.2) is 8.42 Å². The second-order valence-electron chi connectivity index (χ2n) is 6.53. The Morgan fingerprint density at radius 3 is 2.75 bits per heavy atom. The summed E-state index contributed by atoms with van der Waals surface area (Å²) < 4.78 is 41.7. The fourth-order valence-electron chi connectivity index (χ4n) is 3.17. The van der Waals surface area contributed by atoms with Crippen LogP contribution in [0.1, 0.15) is 5.01 Å². The number of anilines is 1. The molecule has 0 amide bonds. The molecule has 1 aliphatic heterocycles. The highest BCUT2D eigenvalue weighted by Gasteiger charge is 2.26. The maximum Gasteiger partial charge on any atom is 0.265 e. The molecule has 0 fully saturated rings. The molecule has 0 unspecified atom stereocenters. The van der Waals surface area contributed by atoms with E-state index in [1.54, 1.807) is 24.3 Å². The van der Waals surface area contributed by atoms with Crippen molar-refractivity contribution in [3.63, 3.8) is 0 Å². The number of fused-ring (bicyclic) bond motifs is 2. The van der Waals surface area contributed by atoms with Crippen LogP contribution in [0.5, 0.6) is 0 Å². The SMILES string of the molecule is NC(=C\c1sc2ccccc2[n+]1CSOO[O-])/C=C1\Sc2ccccc2N1CS(=O)(=O)[O-]. The molecular weight excluding hydrogens is 494 g/mol. The molecule has 13 heteroatoms. The van der Waals surface area contributed by atoms with Gasteiger partial charge < -0.3 is 20.4 Å². The third-order valence-electron chi connectivity index (χ3n) is 4.40. The molecule has 0 saturated carbocycles. The van der Waals surface area contributed by atoms with Crippen LogP contribution in [0.15, 0.2) is 70.2 Å². The maximum atomic E-state index is 11.5. The molecule has 2 heterocycles. The van der Waals surface area contributed by atoms with Crippen LogP contribution in [0, 0.1) is 0 Å². The molecule has 0 radical (unpaired) electrons. The number of para-hydroxylation sites is 2. The van der Waals surface area contributed by atoms with Crippen molar-refractivity contribution in [3.05, 3.63) is 70.3 Å². The fraction of sp³-hybridized carbons (Fsp3) is 0.105. The van der Waals surface area contributed by atoms with Crippen molar-refractivity contribution in [2.45, 2.75) is 10.8 Å². The molecule has 1 aliphatic rings. The number of aromatic nitrogens is 1. The van der Waals surface area contributed by atoms with E-state index in [-0.39, 0.29) is 5.88 Å². The molecule has 0 aliphatic carbocycles. The molecule has 2 N–H and O–H groups in total. The number of allylic oxidation sites excluding steroid dienone is 1. The van der Waals surface area contributed by atoms with Gasteiger partial charge in [0.25, 0.3) is 5.01 Å². The van der Waals surface area contributed by atoms with Crippen molar-refractivity contribution in [1.82, 2.24) is 0 Å².